The molecule has 0 unspecified atom stereocenters. The maximum Gasteiger partial charge on any atom is 0.279 e. The van der Waals surface area contributed by atoms with Gasteiger partial charge in [0, 0.05) is 17.3 Å². The second-order valence-electron chi connectivity index (χ2n) is 5.26. The summed E-state index contributed by atoms with van der Waals surface area (Å²) in [6, 6.07) is 9.07. The fraction of sp³-hybridized carbons (Fsp3) is 0.278. The van der Waals surface area contributed by atoms with Crippen LogP contribution in [0.3, 0.4) is 0 Å². The molecule has 0 fully saturated rings. The fourth-order valence-electron chi connectivity index (χ4n) is 1.94. The number of hydrazine groups is 1. The molecule has 0 spiro atoms. The highest BCUT2D eigenvalue weighted by molar-refractivity contribution is 7.10. The van der Waals surface area contributed by atoms with Crippen LogP contribution in [0.4, 0.5) is 0 Å². The molecule has 0 aliphatic rings. The number of amides is 1. The van der Waals surface area contributed by atoms with Crippen LogP contribution in [0.2, 0.25) is 0 Å². The third-order valence-electron chi connectivity index (χ3n) is 3.20. The number of carbonyl (C=O) groups is 1. The van der Waals surface area contributed by atoms with Crippen molar-refractivity contribution in [3.8, 4) is 17.6 Å². The Balaban J connectivity index is 1.86. The minimum Gasteiger partial charge on any atom is -0.494 e. The molecule has 1 aromatic heterocycles. The summed E-state index contributed by atoms with van der Waals surface area (Å²) in [6.07, 6.45) is 0.682. The molecule has 2 aromatic rings. The summed E-state index contributed by atoms with van der Waals surface area (Å²) in [7, 11) is 0. The Morgan fingerprint density at radius 2 is 2.08 bits per heavy atom. The standard InChI is InChI=1S/C18H20N4O3S/c1-4-24-15-5-7-16(8-6-15)25-13(3)17(23)22-20-10-14(9-19)18-21-12(2)11-26-18/h5-8,10-11,13,20H,4H2,1-3H3,(H,22,23)/b14-10+/t13-/m1/s1. The smallest absolute Gasteiger partial charge is 0.279 e. The monoisotopic (exact) mass is 372 g/mol. The lowest BCUT2D eigenvalue weighted by Crippen LogP contribution is -2.42. The van der Waals surface area contributed by atoms with Crippen LogP contribution in [0.15, 0.2) is 35.8 Å². The fourth-order valence-corrected chi connectivity index (χ4v) is 2.70. The van der Waals surface area contributed by atoms with Crippen LogP contribution >= 0.6 is 11.3 Å². The molecular weight excluding hydrogens is 352 g/mol. The number of allylic oxidation sites excluding steroid dienone is 1. The number of aryl methyl sites for hydroxylation is 1. The van der Waals surface area contributed by atoms with Gasteiger partial charge in [-0.3, -0.25) is 10.2 Å². The molecule has 1 heterocycles. The van der Waals surface area contributed by atoms with E-state index in [0.29, 0.717) is 22.9 Å². The number of benzene rings is 1. The summed E-state index contributed by atoms with van der Waals surface area (Å²) < 4.78 is 10.9. The van der Waals surface area contributed by atoms with Crippen LogP contribution in [0, 0.1) is 18.3 Å². The van der Waals surface area contributed by atoms with E-state index in [1.54, 1.807) is 31.2 Å². The summed E-state index contributed by atoms with van der Waals surface area (Å²) in [5.74, 6) is 0.926. The van der Waals surface area contributed by atoms with Crippen LogP contribution < -0.4 is 20.3 Å². The van der Waals surface area contributed by atoms with Gasteiger partial charge in [0.15, 0.2) is 6.10 Å². The number of hydrogen-bond acceptors (Lipinski definition) is 7. The summed E-state index contributed by atoms with van der Waals surface area (Å²) in [5.41, 5.74) is 6.28. The Labute approximate surface area is 156 Å². The van der Waals surface area contributed by atoms with Gasteiger partial charge in [0.05, 0.1) is 6.61 Å². The van der Waals surface area contributed by atoms with Gasteiger partial charge < -0.3 is 14.9 Å². The van der Waals surface area contributed by atoms with Crippen LogP contribution in [-0.2, 0) is 4.79 Å². The number of thiazole rings is 1. The van der Waals surface area contributed by atoms with Crippen LogP contribution in [0.1, 0.15) is 24.5 Å². The van der Waals surface area contributed by atoms with E-state index in [9.17, 15) is 10.1 Å². The van der Waals surface area contributed by atoms with Gasteiger partial charge in [0.25, 0.3) is 5.91 Å². The van der Waals surface area contributed by atoms with E-state index in [1.807, 2.05) is 25.3 Å². The molecule has 0 bridgehead atoms. The Morgan fingerprint density at radius 1 is 1.38 bits per heavy atom. The number of ether oxygens (including phenoxy) is 2. The second kappa shape index (κ2) is 9.44. The molecule has 136 valence electrons. The van der Waals surface area contributed by atoms with E-state index in [0.717, 1.165) is 11.4 Å². The van der Waals surface area contributed by atoms with Crippen molar-refractivity contribution < 1.29 is 14.3 Å². The van der Waals surface area contributed by atoms with E-state index in [4.69, 9.17) is 9.47 Å². The van der Waals surface area contributed by atoms with Crippen molar-refractivity contribution in [2.24, 2.45) is 0 Å². The van der Waals surface area contributed by atoms with Gasteiger partial charge in [-0.05, 0) is 45.0 Å². The van der Waals surface area contributed by atoms with Crippen molar-refractivity contribution >= 4 is 22.8 Å². The lowest BCUT2D eigenvalue weighted by Gasteiger charge is -2.15. The predicted octanol–water partition coefficient (Wildman–Crippen LogP) is 2.80. The average molecular weight is 372 g/mol. The van der Waals surface area contributed by atoms with Crippen LogP contribution in [-0.4, -0.2) is 23.6 Å². The third-order valence-corrected chi connectivity index (χ3v) is 4.19. The van der Waals surface area contributed by atoms with E-state index < -0.39 is 6.10 Å². The lowest BCUT2D eigenvalue weighted by molar-refractivity contribution is -0.127. The first-order chi connectivity index (χ1) is 12.5. The van der Waals surface area contributed by atoms with Gasteiger partial charge in [-0.25, -0.2) is 4.98 Å². The minimum absolute atomic E-state index is 0.337. The second-order valence-corrected chi connectivity index (χ2v) is 6.12. The molecule has 0 aliphatic carbocycles. The number of hydrogen-bond donors (Lipinski definition) is 2. The van der Waals surface area contributed by atoms with E-state index >= 15 is 0 Å². The topological polar surface area (TPSA) is 96.3 Å². The molecule has 1 aromatic carbocycles. The summed E-state index contributed by atoms with van der Waals surface area (Å²) in [5, 5.41) is 11.6. The zero-order valence-electron chi connectivity index (χ0n) is 14.8. The highest BCUT2D eigenvalue weighted by Crippen LogP contribution is 2.19. The molecular formula is C18H20N4O3S. The number of aromatic nitrogens is 1. The van der Waals surface area contributed by atoms with Crippen molar-refractivity contribution in [3.63, 3.8) is 0 Å². The molecule has 2 rings (SSSR count). The van der Waals surface area contributed by atoms with E-state index in [2.05, 4.69) is 15.8 Å². The minimum atomic E-state index is -0.721. The largest absolute Gasteiger partial charge is 0.494 e. The average Bonchev–Trinajstić information content (AvgIpc) is 3.06. The molecule has 0 saturated carbocycles. The van der Waals surface area contributed by atoms with Gasteiger partial charge in [-0.2, -0.15) is 5.26 Å². The predicted molar refractivity (Wildman–Crippen MR) is 99.4 cm³/mol. The van der Waals surface area contributed by atoms with Gasteiger partial charge >= 0.3 is 0 Å². The van der Waals surface area contributed by atoms with Gasteiger partial charge in [-0.15, -0.1) is 11.3 Å². The normalized spacial score (nSPS) is 12.0. The summed E-state index contributed by atoms with van der Waals surface area (Å²) in [4.78, 5) is 16.3. The van der Waals surface area contributed by atoms with E-state index in [1.165, 1.54) is 17.5 Å². The van der Waals surface area contributed by atoms with Crippen LogP contribution in [0.5, 0.6) is 11.5 Å². The van der Waals surface area contributed by atoms with Gasteiger partial charge in [0.2, 0.25) is 0 Å². The Kier molecular flexibility index (Phi) is 7.00. The van der Waals surface area contributed by atoms with Crippen molar-refractivity contribution in [1.29, 1.82) is 5.26 Å². The van der Waals surface area contributed by atoms with Crippen molar-refractivity contribution in [2.75, 3.05) is 6.61 Å². The molecule has 0 saturated heterocycles. The number of nitriles is 1. The first kappa shape index (κ1) is 19.3. The SMILES string of the molecule is CCOc1ccc(O[C@H](C)C(=O)NN/C=C(\C#N)c2nc(C)cs2)cc1. The zero-order valence-corrected chi connectivity index (χ0v) is 15.6. The quantitative estimate of drug-likeness (QED) is 0.546. The zero-order chi connectivity index (χ0) is 18.9. The Bertz CT molecular complexity index is 809. The van der Waals surface area contributed by atoms with Crippen molar-refractivity contribution in [1.82, 2.24) is 15.8 Å². The van der Waals surface area contributed by atoms with Gasteiger partial charge in [-0.1, -0.05) is 0 Å². The molecule has 7 nitrogen and oxygen atoms in total. The molecule has 2 N–H and O–H groups in total. The Hall–Kier alpha value is -3.05. The number of nitrogens with zero attached hydrogens (tertiary/aromatic N) is 2. The molecule has 1 atom stereocenters. The molecule has 1 amide bonds. The number of rotatable bonds is 8. The number of carbonyl (C=O) groups excluding carboxylic acids is 1. The maximum atomic E-state index is 12.1. The van der Waals surface area contributed by atoms with Crippen molar-refractivity contribution in [2.45, 2.75) is 26.9 Å². The molecule has 26 heavy (non-hydrogen) atoms. The highest BCUT2D eigenvalue weighted by atomic mass is 32.1. The first-order valence-electron chi connectivity index (χ1n) is 8.01. The summed E-state index contributed by atoms with van der Waals surface area (Å²) in [6.45, 7) is 5.98. The van der Waals surface area contributed by atoms with E-state index in [-0.39, 0.29) is 5.91 Å². The maximum absolute atomic E-state index is 12.1. The molecule has 0 radical (unpaired) electrons. The van der Waals surface area contributed by atoms with Crippen molar-refractivity contribution in [3.05, 3.63) is 46.5 Å². The lowest BCUT2D eigenvalue weighted by atomic mass is 10.3. The molecule has 8 heteroatoms. The third kappa shape index (κ3) is 5.50. The van der Waals surface area contributed by atoms with Crippen LogP contribution in [0.25, 0.3) is 5.57 Å². The molecule has 0 aliphatic heterocycles. The summed E-state index contributed by atoms with van der Waals surface area (Å²) >= 11 is 1.36. The van der Waals surface area contributed by atoms with Gasteiger partial charge in [0.1, 0.15) is 28.1 Å². The highest BCUT2D eigenvalue weighted by Gasteiger charge is 2.14. The first-order valence-corrected chi connectivity index (χ1v) is 8.89. The number of nitrogens with one attached hydrogen (secondary N) is 2. The Morgan fingerprint density at radius 3 is 2.65 bits per heavy atom.